The summed E-state index contributed by atoms with van der Waals surface area (Å²) in [6.45, 7) is 8.90. The van der Waals surface area contributed by atoms with E-state index in [1.807, 2.05) is 20.8 Å². The van der Waals surface area contributed by atoms with Crippen LogP contribution in [0.2, 0.25) is 0 Å². The fourth-order valence-electron chi connectivity index (χ4n) is 1.76. The molecule has 0 fully saturated rings. The number of alkyl carbamates (subject to hydrolysis) is 2. The Bertz CT molecular complexity index is 429. The Morgan fingerprint density at radius 1 is 0.875 bits per heavy atom. The molecule has 0 heterocycles. The van der Waals surface area contributed by atoms with Crippen LogP contribution >= 0.6 is 0 Å². The van der Waals surface area contributed by atoms with Crippen LogP contribution in [0.5, 0.6) is 0 Å². The molecule has 0 bridgehead atoms. The molecule has 1 atom stereocenters. The lowest BCUT2D eigenvalue weighted by Crippen LogP contribution is -2.41. The van der Waals surface area contributed by atoms with Gasteiger partial charge in [-0.15, -0.1) is 0 Å². The molecule has 0 rings (SSSR count). The predicted octanol–water partition coefficient (Wildman–Crippen LogP) is 2.36. The molecule has 0 aromatic heterocycles. The average molecular weight is 344 g/mol. The number of carbonyl (C=O) groups is 4. The van der Waals surface area contributed by atoms with Crippen LogP contribution in [0.25, 0.3) is 0 Å². The second-order valence-corrected chi connectivity index (χ2v) is 5.92. The topological polar surface area (TPSA) is 111 Å². The van der Waals surface area contributed by atoms with Gasteiger partial charge in [0, 0.05) is 18.3 Å². The van der Waals surface area contributed by atoms with E-state index >= 15 is 0 Å². The highest BCUT2D eigenvalue weighted by molar-refractivity contribution is 5.92. The molecule has 4 amide bonds. The first kappa shape index (κ1) is 21.9. The van der Waals surface area contributed by atoms with Gasteiger partial charge < -0.3 is 9.47 Å². The molecule has 0 aliphatic rings. The van der Waals surface area contributed by atoms with E-state index in [-0.39, 0.29) is 32.0 Å². The minimum Gasteiger partial charge on any atom is -0.449 e. The largest absolute Gasteiger partial charge is 0.449 e. The molecule has 8 nitrogen and oxygen atoms in total. The summed E-state index contributed by atoms with van der Waals surface area (Å²) in [5.41, 5.74) is -0.645. The van der Waals surface area contributed by atoms with Gasteiger partial charge in [0.15, 0.2) is 0 Å². The van der Waals surface area contributed by atoms with E-state index in [4.69, 9.17) is 9.47 Å². The standard InChI is InChI=1S/C16H28N2O6/c1-6-11(4)16(5,9-23-14(21)17-12(19)7-2)10-24-15(22)18-13(20)8-3/h11H,6-10H2,1-5H3,(H,17,19,21)(H,18,20,22)/t11-/m1/s1. The van der Waals surface area contributed by atoms with Crippen LogP contribution in [0, 0.1) is 11.3 Å². The molecule has 0 aliphatic carbocycles. The first-order valence-electron chi connectivity index (χ1n) is 8.11. The number of imide groups is 2. The zero-order valence-corrected chi connectivity index (χ0v) is 15.1. The molecule has 0 aromatic rings. The van der Waals surface area contributed by atoms with Crippen molar-refractivity contribution in [2.45, 2.75) is 53.9 Å². The van der Waals surface area contributed by atoms with Gasteiger partial charge >= 0.3 is 12.2 Å². The average Bonchev–Trinajstić information content (AvgIpc) is 2.56. The number of hydrogen-bond donors (Lipinski definition) is 2. The lowest BCUT2D eigenvalue weighted by atomic mass is 9.78. The van der Waals surface area contributed by atoms with E-state index in [0.717, 1.165) is 6.42 Å². The molecule has 138 valence electrons. The van der Waals surface area contributed by atoms with E-state index in [9.17, 15) is 19.2 Å². The van der Waals surface area contributed by atoms with Gasteiger partial charge in [-0.1, -0.05) is 41.0 Å². The summed E-state index contributed by atoms with van der Waals surface area (Å²) >= 11 is 0. The van der Waals surface area contributed by atoms with Crippen molar-refractivity contribution in [1.29, 1.82) is 0 Å². The van der Waals surface area contributed by atoms with Crippen LogP contribution in [0.1, 0.15) is 53.9 Å². The number of amides is 4. The van der Waals surface area contributed by atoms with Crippen molar-refractivity contribution in [3.8, 4) is 0 Å². The van der Waals surface area contributed by atoms with Crippen LogP contribution in [0.15, 0.2) is 0 Å². The molecule has 0 saturated carbocycles. The summed E-state index contributed by atoms with van der Waals surface area (Å²) in [4.78, 5) is 45.5. The molecule has 0 aromatic carbocycles. The SMILES string of the molecule is CCC(=O)NC(=O)OCC(C)(COC(=O)NC(=O)CC)[C@H](C)CC. The zero-order valence-electron chi connectivity index (χ0n) is 15.1. The molecular formula is C16H28N2O6. The fraction of sp³-hybridized carbons (Fsp3) is 0.750. The van der Waals surface area contributed by atoms with Crippen molar-refractivity contribution in [2.75, 3.05) is 13.2 Å². The van der Waals surface area contributed by atoms with Gasteiger partial charge in [-0.05, 0) is 5.92 Å². The third-order valence-corrected chi connectivity index (χ3v) is 3.99. The van der Waals surface area contributed by atoms with Gasteiger partial charge in [-0.25, -0.2) is 9.59 Å². The molecule has 2 N–H and O–H groups in total. The molecule has 0 unspecified atom stereocenters. The van der Waals surface area contributed by atoms with Gasteiger partial charge in [0.2, 0.25) is 11.8 Å². The van der Waals surface area contributed by atoms with Crippen LogP contribution in [0.3, 0.4) is 0 Å². The van der Waals surface area contributed by atoms with E-state index in [2.05, 4.69) is 10.6 Å². The molecule has 0 spiro atoms. The number of carbonyl (C=O) groups excluding carboxylic acids is 4. The second-order valence-electron chi connectivity index (χ2n) is 5.92. The lowest BCUT2D eigenvalue weighted by Gasteiger charge is -2.33. The van der Waals surface area contributed by atoms with Gasteiger partial charge in [0.1, 0.15) is 13.2 Å². The predicted molar refractivity (Wildman–Crippen MR) is 87.1 cm³/mol. The summed E-state index contributed by atoms with van der Waals surface area (Å²) in [6, 6.07) is 0. The van der Waals surface area contributed by atoms with Crippen molar-refractivity contribution in [3.63, 3.8) is 0 Å². The van der Waals surface area contributed by atoms with Crippen molar-refractivity contribution in [1.82, 2.24) is 10.6 Å². The van der Waals surface area contributed by atoms with Gasteiger partial charge in [0.25, 0.3) is 0 Å². The number of rotatable bonds is 8. The highest BCUT2D eigenvalue weighted by Crippen LogP contribution is 2.30. The Labute approximate surface area is 142 Å². The van der Waals surface area contributed by atoms with Gasteiger partial charge in [-0.3, -0.25) is 20.2 Å². The normalized spacial score (nSPS) is 12.0. The lowest BCUT2D eigenvalue weighted by molar-refractivity contribution is -0.121. The summed E-state index contributed by atoms with van der Waals surface area (Å²) in [7, 11) is 0. The molecule has 0 saturated heterocycles. The number of nitrogens with one attached hydrogen (secondary N) is 2. The minimum absolute atomic E-state index is 0.0279. The van der Waals surface area contributed by atoms with Crippen LogP contribution in [-0.4, -0.2) is 37.2 Å². The van der Waals surface area contributed by atoms with E-state index in [0.29, 0.717) is 0 Å². The van der Waals surface area contributed by atoms with Crippen molar-refractivity contribution in [3.05, 3.63) is 0 Å². The van der Waals surface area contributed by atoms with Crippen LogP contribution < -0.4 is 10.6 Å². The molecule has 0 aliphatic heterocycles. The van der Waals surface area contributed by atoms with E-state index in [1.165, 1.54) is 0 Å². The Morgan fingerprint density at radius 2 is 1.25 bits per heavy atom. The van der Waals surface area contributed by atoms with Crippen molar-refractivity contribution < 1.29 is 28.7 Å². The smallest absolute Gasteiger partial charge is 0.413 e. The van der Waals surface area contributed by atoms with Gasteiger partial charge in [0.05, 0.1) is 0 Å². The summed E-state index contributed by atoms with van der Waals surface area (Å²) in [6.07, 6.45) is -0.545. The maximum Gasteiger partial charge on any atom is 0.413 e. The minimum atomic E-state index is -0.831. The number of hydrogen-bond acceptors (Lipinski definition) is 6. The maximum atomic E-state index is 11.6. The van der Waals surface area contributed by atoms with E-state index < -0.39 is 29.4 Å². The third kappa shape index (κ3) is 7.94. The Morgan fingerprint density at radius 3 is 1.54 bits per heavy atom. The zero-order chi connectivity index (χ0) is 18.8. The van der Waals surface area contributed by atoms with Crippen LogP contribution in [0.4, 0.5) is 9.59 Å². The monoisotopic (exact) mass is 344 g/mol. The maximum absolute atomic E-state index is 11.6. The van der Waals surface area contributed by atoms with Gasteiger partial charge in [-0.2, -0.15) is 0 Å². The van der Waals surface area contributed by atoms with Crippen molar-refractivity contribution in [2.24, 2.45) is 11.3 Å². The summed E-state index contributed by atoms with van der Waals surface area (Å²) in [5, 5.41) is 4.19. The van der Waals surface area contributed by atoms with Crippen LogP contribution in [-0.2, 0) is 19.1 Å². The first-order chi connectivity index (χ1) is 11.2. The Hall–Kier alpha value is -2.12. The quantitative estimate of drug-likeness (QED) is 0.699. The van der Waals surface area contributed by atoms with Crippen molar-refractivity contribution >= 4 is 24.0 Å². The number of ether oxygens (including phenoxy) is 2. The third-order valence-electron chi connectivity index (χ3n) is 3.99. The van der Waals surface area contributed by atoms with E-state index in [1.54, 1.807) is 13.8 Å². The second kappa shape index (κ2) is 10.6. The highest BCUT2D eigenvalue weighted by atomic mass is 16.6. The molecule has 24 heavy (non-hydrogen) atoms. The summed E-state index contributed by atoms with van der Waals surface area (Å²) in [5.74, 6) is -0.792. The fourth-order valence-corrected chi connectivity index (χ4v) is 1.76. The molecule has 0 radical (unpaired) electrons. The first-order valence-corrected chi connectivity index (χ1v) is 8.11. The molecule has 8 heteroatoms. The highest BCUT2D eigenvalue weighted by Gasteiger charge is 2.34. The Kier molecular flexibility index (Phi) is 9.68. The Balaban J connectivity index is 4.66. The summed E-state index contributed by atoms with van der Waals surface area (Å²) < 4.78 is 10.2. The molecular weight excluding hydrogens is 316 g/mol.